The van der Waals surface area contributed by atoms with Gasteiger partial charge in [0.25, 0.3) is 0 Å². The largest absolute Gasteiger partial charge is 0.494 e. The number of pyridine rings is 1. The lowest BCUT2D eigenvalue weighted by Crippen LogP contribution is -2.48. The number of ketones is 1. The standard InChI is InChI=1S/C27H25F3N6O2/c1-34-26(15-9-19(28)24(30)20(29)10-15)17-11-16-5-3-6-21(25(17)33-34)35(16)14-23(37)18-12-31-13-22(27(18)38-2)36-8-4-7-32-36/h4,7-10,12-13,16,21H,3,5-6,11,14H2,1-2H3. The molecule has 0 amide bonds. The summed E-state index contributed by atoms with van der Waals surface area (Å²) in [6.45, 7) is 0.140. The Morgan fingerprint density at radius 3 is 2.66 bits per heavy atom. The summed E-state index contributed by atoms with van der Waals surface area (Å²) in [5.74, 6) is -3.70. The zero-order valence-corrected chi connectivity index (χ0v) is 20.9. The lowest BCUT2D eigenvalue weighted by Gasteiger charge is -2.45. The predicted molar refractivity (Wildman–Crippen MR) is 132 cm³/mol. The number of rotatable bonds is 6. The van der Waals surface area contributed by atoms with Crippen molar-refractivity contribution in [3.05, 3.63) is 77.3 Å². The number of benzene rings is 1. The van der Waals surface area contributed by atoms with Gasteiger partial charge in [0, 0.05) is 42.8 Å². The number of halogens is 3. The summed E-state index contributed by atoms with van der Waals surface area (Å²) >= 11 is 0. The molecule has 8 nitrogen and oxygen atoms in total. The third-order valence-corrected chi connectivity index (χ3v) is 7.53. The van der Waals surface area contributed by atoms with Crippen molar-refractivity contribution in [3.63, 3.8) is 0 Å². The average Bonchev–Trinajstić information content (AvgIpc) is 3.55. The molecule has 0 radical (unpaired) electrons. The highest BCUT2D eigenvalue weighted by atomic mass is 19.2. The van der Waals surface area contributed by atoms with E-state index in [1.54, 1.807) is 41.1 Å². The van der Waals surface area contributed by atoms with Gasteiger partial charge in [-0.25, -0.2) is 17.9 Å². The summed E-state index contributed by atoms with van der Waals surface area (Å²) in [6.07, 6.45) is 9.69. The minimum atomic E-state index is -1.49. The average molecular weight is 523 g/mol. The first kappa shape index (κ1) is 24.4. The Kier molecular flexibility index (Phi) is 6.02. The topological polar surface area (TPSA) is 78.1 Å². The van der Waals surface area contributed by atoms with Gasteiger partial charge in [-0.2, -0.15) is 10.2 Å². The SMILES string of the molecule is COc1c(C(=O)CN2C3CCCC2c2nn(C)c(-c4cc(F)c(F)c(F)c4)c2C3)cncc1-n1cccn1. The monoisotopic (exact) mass is 522 g/mol. The first-order chi connectivity index (χ1) is 18.4. The molecule has 2 unspecified atom stereocenters. The summed E-state index contributed by atoms with van der Waals surface area (Å²) < 4.78 is 50.6. The maximum atomic E-state index is 14.1. The fraction of sp³-hybridized carbons (Fsp3) is 0.333. The van der Waals surface area contributed by atoms with Crippen LogP contribution in [0.3, 0.4) is 0 Å². The van der Waals surface area contributed by atoms with E-state index in [9.17, 15) is 18.0 Å². The molecular formula is C27H25F3N6O2. The van der Waals surface area contributed by atoms with Crippen LogP contribution in [0.2, 0.25) is 0 Å². The van der Waals surface area contributed by atoms with Crippen molar-refractivity contribution in [1.29, 1.82) is 0 Å². The summed E-state index contributed by atoms with van der Waals surface area (Å²) in [6, 6.07) is 3.69. The molecule has 2 bridgehead atoms. The molecule has 2 aliphatic heterocycles. The molecule has 6 rings (SSSR count). The Morgan fingerprint density at radius 2 is 1.95 bits per heavy atom. The Morgan fingerprint density at radius 1 is 1.16 bits per heavy atom. The van der Waals surface area contributed by atoms with Gasteiger partial charge in [-0.05, 0) is 43.9 Å². The molecule has 11 heteroatoms. The van der Waals surface area contributed by atoms with Gasteiger partial charge in [0.1, 0.15) is 5.69 Å². The Hall–Kier alpha value is -3.99. The van der Waals surface area contributed by atoms with Gasteiger partial charge in [0.2, 0.25) is 0 Å². The number of aromatic nitrogens is 5. The number of hydrogen-bond donors (Lipinski definition) is 0. The number of carbonyl (C=O) groups excluding carboxylic acids is 1. The molecule has 196 valence electrons. The number of aryl methyl sites for hydroxylation is 1. The van der Waals surface area contributed by atoms with Crippen LogP contribution >= 0.6 is 0 Å². The van der Waals surface area contributed by atoms with Gasteiger partial charge in [-0.15, -0.1) is 0 Å². The molecular weight excluding hydrogens is 497 g/mol. The van der Waals surface area contributed by atoms with Crippen molar-refractivity contribution in [2.75, 3.05) is 13.7 Å². The second-order valence-electron chi connectivity index (χ2n) is 9.68. The molecule has 1 saturated heterocycles. The van der Waals surface area contributed by atoms with Crippen LogP contribution < -0.4 is 4.74 Å². The molecule has 1 fully saturated rings. The van der Waals surface area contributed by atoms with Crippen LogP contribution in [0.4, 0.5) is 13.2 Å². The number of carbonyl (C=O) groups is 1. The van der Waals surface area contributed by atoms with Gasteiger partial charge < -0.3 is 4.74 Å². The zero-order valence-electron chi connectivity index (χ0n) is 20.9. The highest BCUT2D eigenvalue weighted by Crippen LogP contribution is 2.44. The number of fused-ring (bicyclic) bond motifs is 4. The fourth-order valence-corrected chi connectivity index (χ4v) is 5.91. The van der Waals surface area contributed by atoms with Gasteiger partial charge in [0.05, 0.1) is 42.8 Å². The quantitative estimate of drug-likeness (QED) is 0.276. The number of hydrogen-bond acceptors (Lipinski definition) is 6. The number of nitrogens with zero attached hydrogens (tertiary/aromatic N) is 6. The molecule has 0 saturated carbocycles. The fourth-order valence-electron chi connectivity index (χ4n) is 5.91. The first-order valence-electron chi connectivity index (χ1n) is 12.4. The Labute approximate surface area is 216 Å². The lowest BCUT2D eigenvalue weighted by atomic mass is 9.81. The van der Waals surface area contributed by atoms with Gasteiger partial charge in [-0.1, -0.05) is 0 Å². The third-order valence-electron chi connectivity index (χ3n) is 7.53. The van der Waals surface area contributed by atoms with E-state index in [0.717, 1.165) is 42.7 Å². The Balaban J connectivity index is 1.34. The number of piperidine rings is 1. The van der Waals surface area contributed by atoms with Crippen molar-refractivity contribution in [2.24, 2.45) is 7.05 Å². The molecule has 5 heterocycles. The number of ether oxygens (including phenoxy) is 1. The van der Waals surface area contributed by atoms with Crippen molar-refractivity contribution in [2.45, 2.75) is 37.8 Å². The van der Waals surface area contributed by atoms with Gasteiger partial charge in [0.15, 0.2) is 29.0 Å². The van der Waals surface area contributed by atoms with E-state index < -0.39 is 17.5 Å². The van der Waals surface area contributed by atoms with E-state index >= 15 is 0 Å². The van der Waals surface area contributed by atoms with Crippen molar-refractivity contribution >= 4 is 5.78 Å². The minimum absolute atomic E-state index is 0.0385. The van der Waals surface area contributed by atoms with E-state index in [1.807, 2.05) is 0 Å². The number of Topliss-reactive ketones (excluding diaryl/α,β-unsaturated/α-hetero) is 1. The highest BCUT2D eigenvalue weighted by Gasteiger charge is 2.42. The first-order valence-corrected chi connectivity index (χ1v) is 12.4. The molecule has 1 aromatic carbocycles. The zero-order chi connectivity index (χ0) is 26.6. The predicted octanol–water partition coefficient (Wildman–Crippen LogP) is 4.43. The molecule has 0 N–H and O–H groups in total. The van der Waals surface area contributed by atoms with Crippen LogP contribution in [0.15, 0.2) is 43.0 Å². The summed E-state index contributed by atoms with van der Waals surface area (Å²) in [5, 5.41) is 8.95. The second kappa shape index (κ2) is 9.39. The van der Waals surface area contributed by atoms with E-state index in [1.165, 1.54) is 13.3 Å². The highest BCUT2D eigenvalue weighted by molar-refractivity contribution is 6.00. The molecule has 3 aromatic heterocycles. The molecule has 2 aliphatic rings. The van der Waals surface area contributed by atoms with E-state index in [0.29, 0.717) is 29.1 Å². The molecule has 0 spiro atoms. The minimum Gasteiger partial charge on any atom is -0.494 e. The molecule has 0 aliphatic carbocycles. The maximum Gasteiger partial charge on any atom is 0.194 e. The van der Waals surface area contributed by atoms with E-state index in [2.05, 4.69) is 15.0 Å². The van der Waals surface area contributed by atoms with Crippen molar-refractivity contribution < 1.29 is 22.7 Å². The van der Waals surface area contributed by atoms with Crippen LogP contribution in [-0.2, 0) is 13.5 Å². The van der Waals surface area contributed by atoms with Crippen LogP contribution in [-0.4, -0.2) is 54.9 Å². The van der Waals surface area contributed by atoms with Crippen molar-refractivity contribution in [3.8, 4) is 22.7 Å². The summed E-state index contributed by atoms with van der Waals surface area (Å²) in [7, 11) is 3.22. The van der Waals surface area contributed by atoms with Crippen LogP contribution in [0.1, 0.15) is 46.9 Å². The summed E-state index contributed by atoms with van der Waals surface area (Å²) in [4.78, 5) is 20.0. The second-order valence-corrected chi connectivity index (χ2v) is 9.68. The van der Waals surface area contributed by atoms with Crippen molar-refractivity contribution in [1.82, 2.24) is 29.4 Å². The molecule has 2 atom stereocenters. The van der Waals surface area contributed by atoms with Crippen LogP contribution in [0, 0.1) is 17.5 Å². The van der Waals surface area contributed by atoms with E-state index in [4.69, 9.17) is 9.84 Å². The van der Waals surface area contributed by atoms with Gasteiger partial charge >= 0.3 is 0 Å². The lowest BCUT2D eigenvalue weighted by molar-refractivity contribution is 0.0560. The maximum absolute atomic E-state index is 14.1. The smallest absolute Gasteiger partial charge is 0.194 e. The molecule has 4 aromatic rings. The molecule has 38 heavy (non-hydrogen) atoms. The van der Waals surface area contributed by atoms with Crippen LogP contribution in [0.5, 0.6) is 5.75 Å². The normalized spacial score (nSPS) is 18.9. The number of methoxy groups -OCH3 is 1. The van der Waals surface area contributed by atoms with E-state index in [-0.39, 0.29) is 30.0 Å². The summed E-state index contributed by atoms with van der Waals surface area (Å²) in [5.41, 5.74) is 3.41. The van der Waals surface area contributed by atoms with Crippen LogP contribution in [0.25, 0.3) is 16.9 Å². The Bertz CT molecular complexity index is 1510. The van der Waals surface area contributed by atoms with Gasteiger partial charge in [-0.3, -0.25) is 19.4 Å². The third kappa shape index (κ3) is 3.89.